The molecule has 0 amide bonds. The molecule has 4 aromatic carbocycles. The molecule has 2 nitrogen and oxygen atoms in total. The first kappa shape index (κ1) is 16.8. The van der Waals surface area contributed by atoms with Crippen LogP contribution in [0.5, 0.6) is 11.5 Å². The third-order valence-corrected chi connectivity index (χ3v) is 4.11. The summed E-state index contributed by atoms with van der Waals surface area (Å²) in [6.45, 7) is 4.74. The van der Waals surface area contributed by atoms with Crippen molar-refractivity contribution < 1.29 is 9.84 Å². The minimum atomic E-state index is 0.267. The van der Waals surface area contributed by atoms with Crippen LogP contribution in [0, 0.1) is 6.92 Å². The first-order valence-electron chi connectivity index (χ1n) is 8.47. The van der Waals surface area contributed by atoms with Crippen molar-refractivity contribution in [3.63, 3.8) is 0 Å². The first-order valence-corrected chi connectivity index (χ1v) is 8.47. The van der Waals surface area contributed by atoms with Crippen LogP contribution in [-0.4, -0.2) is 11.7 Å². The molecule has 0 aliphatic rings. The molecule has 0 radical (unpaired) electrons. The monoisotopic (exact) mass is 330 g/mol. The van der Waals surface area contributed by atoms with E-state index in [1.165, 1.54) is 27.1 Å². The second-order valence-electron chi connectivity index (χ2n) is 5.92. The fourth-order valence-electron chi connectivity index (χ4n) is 2.83. The van der Waals surface area contributed by atoms with Gasteiger partial charge in [-0.1, -0.05) is 42.5 Å². The van der Waals surface area contributed by atoms with Crippen molar-refractivity contribution in [3.8, 4) is 11.5 Å². The molecule has 4 aromatic rings. The molecule has 25 heavy (non-hydrogen) atoms. The summed E-state index contributed by atoms with van der Waals surface area (Å²) in [6.07, 6.45) is 0. The topological polar surface area (TPSA) is 29.5 Å². The van der Waals surface area contributed by atoms with Gasteiger partial charge >= 0.3 is 0 Å². The maximum atomic E-state index is 8.87. The SMILES string of the molecule is CCOc1ccc(O)cc1.Cc1cccc2cc3ccccc3cc12. The maximum absolute atomic E-state index is 8.87. The number of benzene rings is 4. The number of hydrogen-bond donors (Lipinski definition) is 1. The van der Waals surface area contributed by atoms with Crippen molar-refractivity contribution >= 4 is 21.5 Å². The second kappa shape index (κ2) is 7.71. The number of aryl methyl sites for hydroxylation is 1. The molecule has 1 N–H and O–H groups in total. The molecule has 0 saturated carbocycles. The molecule has 0 spiro atoms. The van der Waals surface area contributed by atoms with Crippen LogP contribution in [0.25, 0.3) is 21.5 Å². The Kier molecular flexibility index (Phi) is 5.20. The molecule has 0 aromatic heterocycles. The predicted octanol–water partition coefficient (Wildman–Crippen LogP) is 6.09. The van der Waals surface area contributed by atoms with Crippen LogP contribution in [0.15, 0.2) is 78.9 Å². The normalized spacial score (nSPS) is 10.3. The Labute approximate surface area is 148 Å². The number of fused-ring (bicyclic) bond motifs is 2. The van der Waals surface area contributed by atoms with Gasteiger partial charge in [-0.2, -0.15) is 0 Å². The lowest BCUT2D eigenvalue weighted by Gasteiger charge is -2.04. The summed E-state index contributed by atoms with van der Waals surface area (Å²) in [5.74, 6) is 1.06. The highest BCUT2D eigenvalue weighted by Crippen LogP contribution is 2.24. The van der Waals surface area contributed by atoms with Crippen molar-refractivity contribution in [2.75, 3.05) is 6.61 Å². The van der Waals surface area contributed by atoms with Crippen LogP contribution in [0.2, 0.25) is 0 Å². The van der Waals surface area contributed by atoms with Gasteiger partial charge in [0.15, 0.2) is 0 Å². The van der Waals surface area contributed by atoms with Gasteiger partial charge in [0.1, 0.15) is 11.5 Å². The van der Waals surface area contributed by atoms with Crippen LogP contribution in [0.4, 0.5) is 0 Å². The van der Waals surface area contributed by atoms with E-state index in [4.69, 9.17) is 9.84 Å². The Morgan fingerprint density at radius 1 is 0.760 bits per heavy atom. The van der Waals surface area contributed by atoms with Crippen molar-refractivity contribution in [3.05, 3.63) is 84.4 Å². The Balaban J connectivity index is 0.000000160. The van der Waals surface area contributed by atoms with Crippen molar-refractivity contribution in [1.82, 2.24) is 0 Å². The molecule has 0 bridgehead atoms. The largest absolute Gasteiger partial charge is 0.508 e. The summed E-state index contributed by atoms with van der Waals surface area (Å²) in [7, 11) is 0. The average Bonchev–Trinajstić information content (AvgIpc) is 2.63. The number of phenols is 1. The fraction of sp³-hybridized carbons (Fsp3) is 0.130. The van der Waals surface area contributed by atoms with Crippen LogP contribution in [0.3, 0.4) is 0 Å². The zero-order valence-electron chi connectivity index (χ0n) is 14.6. The van der Waals surface area contributed by atoms with Crippen LogP contribution >= 0.6 is 0 Å². The highest BCUT2D eigenvalue weighted by Gasteiger charge is 1.98. The second-order valence-corrected chi connectivity index (χ2v) is 5.92. The fourth-order valence-corrected chi connectivity index (χ4v) is 2.83. The zero-order chi connectivity index (χ0) is 17.6. The van der Waals surface area contributed by atoms with Crippen molar-refractivity contribution in [1.29, 1.82) is 0 Å². The smallest absolute Gasteiger partial charge is 0.119 e. The molecule has 0 aliphatic carbocycles. The summed E-state index contributed by atoms with van der Waals surface area (Å²) >= 11 is 0. The predicted molar refractivity (Wildman–Crippen MR) is 105 cm³/mol. The van der Waals surface area contributed by atoms with Gasteiger partial charge in [-0.3, -0.25) is 0 Å². The number of rotatable bonds is 2. The van der Waals surface area contributed by atoms with E-state index in [1.54, 1.807) is 24.3 Å². The lowest BCUT2D eigenvalue weighted by atomic mass is 10.0. The van der Waals surface area contributed by atoms with Crippen LogP contribution in [-0.2, 0) is 0 Å². The van der Waals surface area contributed by atoms with E-state index in [0.717, 1.165) is 5.75 Å². The van der Waals surface area contributed by atoms with E-state index in [0.29, 0.717) is 6.61 Å². The van der Waals surface area contributed by atoms with E-state index in [9.17, 15) is 0 Å². The first-order chi connectivity index (χ1) is 12.2. The Bertz CT molecular complexity index is 972. The maximum Gasteiger partial charge on any atom is 0.119 e. The third-order valence-electron chi connectivity index (χ3n) is 4.11. The lowest BCUT2D eigenvalue weighted by Crippen LogP contribution is -1.89. The molecule has 4 rings (SSSR count). The van der Waals surface area contributed by atoms with E-state index in [-0.39, 0.29) is 5.75 Å². The molecule has 0 unspecified atom stereocenters. The Morgan fingerprint density at radius 3 is 2.08 bits per heavy atom. The molecule has 126 valence electrons. The van der Waals surface area contributed by atoms with Crippen LogP contribution < -0.4 is 4.74 Å². The minimum absolute atomic E-state index is 0.267. The molecule has 0 heterocycles. The van der Waals surface area contributed by atoms with Crippen molar-refractivity contribution in [2.24, 2.45) is 0 Å². The summed E-state index contributed by atoms with van der Waals surface area (Å²) < 4.78 is 5.15. The Morgan fingerprint density at radius 2 is 1.40 bits per heavy atom. The van der Waals surface area contributed by atoms with Gasteiger partial charge in [0, 0.05) is 0 Å². The van der Waals surface area contributed by atoms with Gasteiger partial charge in [0.05, 0.1) is 6.61 Å². The molecule has 2 heteroatoms. The minimum Gasteiger partial charge on any atom is -0.508 e. The summed E-state index contributed by atoms with van der Waals surface area (Å²) in [6, 6.07) is 26.2. The number of ether oxygens (including phenoxy) is 1. The summed E-state index contributed by atoms with van der Waals surface area (Å²) in [4.78, 5) is 0. The standard InChI is InChI=1S/C15H12.C8H10O2/c1-11-5-4-8-14-9-12-6-2-3-7-13(12)10-15(11)14;1-2-10-8-5-3-7(9)4-6-8/h2-10H,1H3;3-6,9H,2H2,1H3. The molecular formula is C23H22O2. The van der Waals surface area contributed by atoms with Gasteiger partial charge in [0.25, 0.3) is 0 Å². The van der Waals surface area contributed by atoms with Gasteiger partial charge in [-0.05, 0) is 77.4 Å². The zero-order valence-corrected chi connectivity index (χ0v) is 14.6. The van der Waals surface area contributed by atoms with Gasteiger partial charge in [0.2, 0.25) is 0 Å². The van der Waals surface area contributed by atoms with Gasteiger partial charge < -0.3 is 9.84 Å². The van der Waals surface area contributed by atoms with Crippen molar-refractivity contribution in [2.45, 2.75) is 13.8 Å². The molecule has 0 fully saturated rings. The number of aromatic hydroxyl groups is 1. The molecule has 0 atom stereocenters. The third kappa shape index (κ3) is 4.10. The molecule has 0 aliphatic heterocycles. The highest BCUT2D eigenvalue weighted by atomic mass is 16.5. The van der Waals surface area contributed by atoms with E-state index in [1.807, 2.05) is 6.92 Å². The summed E-state index contributed by atoms with van der Waals surface area (Å²) in [5, 5.41) is 14.2. The van der Waals surface area contributed by atoms with Crippen LogP contribution in [0.1, 0.15) is 12.5 Å². The summed E-state index contributed by atoms with van der Waals surface area (Å²) in [5.41, 5.74) is 1.35. The highest BCUT2D eigenvalue weighted by molar-refractivity contribution is 5.99. The molecular weight excluding hydrogens is 308 g/mol. The lowest BCUT2D eigenvalue weighted by molar-refractivity contribution is 0.339. The number of phenolic OH excluding ortho intramolecular Hbond substituents is 1. The number of hydrogen-bond acceptors (Lipinski definition) is 2. The Hall–Kier alpha value is -3.00. The molecule has 0 saturated heterocycles. The van der Waals surface area contributed by atoms with E-state index < -0.39 is 0 Å². The quantitative estimate of drug-likeness (QED) is 0.450. The van der Waals surface area contributed by atoms with Gasteiger partial charge in [-0.15, -0.1) is 0 Å². The van der Waals surface area contributed by atoms with E-state index in [2.05, 4.69) is 61.5 Å². The average molecular weight is 330 g/mol. The van der Waals surface area contributed by atoms with Gasteiger partial charge in [-0.25, -0.2) is 0 Å². The van der Waals surface area contributed by atoms with E-state index >= 15 is 0 Å².